The quantitative estimate of drug-likeness (QED) is 0.0735. The summed E-state index contributed by atoms with van der Waals surface area (Å²) >= 11 is 0. The van der Waals surface area contributed by atoms with Crippen LogP contribution in [0.25, 0.3) is 0 Å². The van der Waals surface area contributed by atoms with E-state index in [1.807, 2.05) is 0 Å². The van der Waals surface area contributed by atoms with Gasteiger partial charge in [0.05, 0.1) is 0 Å². The Morgan fingerprint density at radius 2 is 1.85 bits per heavy atom. The molecule has 0 radical (unpaired) electrons. The lowest BCUT2D eigenvalue weighted by molar-refractivity contribution is -0.0616. The number of aliphatic imine (C=N–C) groups is 1. The van der Waals surface area contributed by atoms with Crippen molar-refractivity contribution >= 4 is 12.1 Å². The van der Waals surface area contributed by atoms with Gasteiger partial charge in [-0.25, -0.2) is 4.79 Å². The third-order valence-corrected chi connectivity index (χ3v) is 11.8. The predicted molar refractivity (Wildman–Crippen MR) is 167 cm³/mol. The Balaban J connectivity index is 1.25. The molecule has 4 aliphatic carbocycles. The zero-order chi connectivity index (χ0) is 29.6. The first-order valence-electron chi connectivity index (χ1n) is 16.8. The lowest BCUT2D eigenvalue weighted by Gasteiger charge is -2.58. The molecule has 0 amide bonds. The first-order chi connectivity index (χ1) is 19.5. The smallest absolute Gasteiger partial charge is 0.433 e. The summed E-state index contributed by atoms with van der Waals surface area (Å²) in [6, 6.07) is 0. The molecule has 41 heavy (non-hydrogen) atoms. The molecule has 0 heterocycles. The Labute approximate surface area is 250 Å². The van der Waals surface area contributed by atoms with Crippen molar-refractivity contribution in [2.24, 2.45) is 62.8 Å². The van der Waals surface area contributed by atoms with Crippen molar-refractivity contribution in [1.29, 1.82) is 0 Å². The van der Waals surface area contributed by atoms with E-state index < -0.39 is 6.16 Å². The number of hydrogen-bond donors (Lipinski definition) is 3. The van der Waals surface area contributed by atoms with Crippen LogP contribution in [0, 0.1) is 46.3 Å². The van der Waals surface area contributed by atoms with E-state index in [-0.39, 0.29) is 17.5 Å². The zero-order valence-corrected chi connectivity index (χ0v) is 26.8. The number of carbonyl (C=O) groups excluding carboxylic acids is 1. The standard InChI is InChI=1S/C34H60N4O3/c1-23(2)8-6-9-24(3)28-12-13-29-27-11-10-25-22-26(14-16-33(25,4)30(27)15-17-34(28,29)5)41-32(39)40-21-20-37-18-7-19-38-31(35)36/h10,23-24,26-30,37H,6-9,11-22H2,1-5H3,(H4,35,36,38). The summed E-state index contributed by atoms with van der Waals surface area (Å²) in [6.45, 7) is 14.7. The fraction of sp³-hybridized carbons (Fsp3) is 0.882. The molecule has 8 atom stereocenters. The molecule has 0 bridgehead atoms. The molecule has 4 aliphatic rings. The average Bonchev–Trinajstić information content (AvgIpc) is 3.27. The normalized spacial score (nSPS) is 35.1. The molecule has 7 heteroatoms. The summed E-state index contributed by atoms with van der Waals surface area (Å²) < 4.78 is 11.1. The molecule has 5 N–H and O–H groups in total. The highest BCUT2D eigenvalue weighted by Crippen LogP contribution is 2.67. The Morgan fingerprint density at radius 1 is 1.05 bits per heavy atom. The second kappa shape index (κ2) is 14.1. The van der Waals surface area contributed by atoms with Crippen molar-refractivity contribution in [2.45, 2.75) is 118 Å². The van der Waals surface area contributed by atoms with Gasteiger partial charge in [0.2, 0.25) is 0 Å². The largest absolute Gasteiger partial charge is 0.508 e. The van der Waals surface area contributed by atoms with Crippen LogP contribution in [0.1, 0.15) is 112 Å². The number of fused-ring (bicyclic) bond motifs is 5. The second-order valence-corrected chi connectivity index (χ2v) is 14.8. The maximum Gasteiger partial charge on any atom is 0.508 e. The van der Waals surface area contributed by atoms with Crippen molar-refractivity contribution in [2.75, 3.05) is 26.2 Å². The van der Waals surface area contributed by atoms with Gasteiger partial charge in [0.15, 0.2) is 5.96 Å². The van der Waals surface area contributed by atoms with E-state index in [1.165, 1.54) is 51.4 Å². The molecular formula is C34H60N4O3. The average molecular weight is 573 g/mol. The van der Waals surface area contributed by atoms with Crippen molar-refractivity contribution in [3.8, 4) is 0 Å². The topological polar surface area (TPSA) is 112 Å². The minimum Gasteiger partial charge on any atom is -0.433 e. The summed E-state index contributed by atoms with van der Waals surface area (Å²) in [5, 5.41) is 3.23. The van der Waals surface area contributed by atoms with E-state index in [0.717, 1.165) is 67.7 Å². The monoisotopic (exact) mass is 572 g/mol. The second-order valence-electron chi connectivity index (χ2n) is 14.8. The predicted octanol–water partition coefficient (Wildman–Crippen LogP) is 6.80. The molecule has 0 saturated heterocycles. The fourth-order valence-corrected chi connectivity index (χ4v) is 9.67. The van der Waals surface area contributed by atoms with E-state index >= 15 is 0 Å². The van der Waals surface area contributed by atoms with Gasteiger partial charge in [0.25, 0.3) is 0 Å². The summed E-state index contributed by atoms with van der Waals surface area (Å²) in [5.41, 5.74) is 13.0. The van der Waals surface area contributed by atoms with Gasteiger partial charge >= 0.3 is 6.16 Å². The molecule has 0 aromatic heterocycles. The Hall–Kier alpha value is -1.76. The SMILES string of the molecule is CC(C)CCCC(C)C1CCC2C3CC=C4CC(OC(=O)OCCNCCCN=C(N)N)CCC4(C)C3CCC12C. The third kappa shape index (κ3) is 7.61. The number of nitrogens with one attached hydrogen (secondary N) is 1. The van der Waals surface area contributed by atoms with Crippen molar-refractivity contribution in [1.82, 2.24) is 5.32 Å². The highest BCUT2D eigenvalue weighted by molar-refractivity contribution is 5.75. The van der Waals surface area contributed by atoms with Gasteiger partial charge in [-0.15, -0.1) is 0 Å². The molecule has 0 aromatic carbocycles. The van der Waals surface area contributed by atoms with Crippen LogP contribution in [-0.2, 0) is 9.47 Å². The van der Waals surface area contributed by atoms with Crippen molar-refractivity contribution in [3.63, 3.8) is 0 Å². The molecular weight excluding hydrogens is 512 g/mol. The van der Waals surface area contributed by atoms with Gasteiger partial charge in [0, 0.05) is 19.5 Å². The fourth-order valence-electron chi connectivity index (χ4n) is 9.67. The number of allylic oxidation sites excluding steroid dienone is 1. The molecule has 3 fully saturated rings. The summed E-state index contributed by atoms with van der Waals surface area (Å²) in [4.78, 5) is 16.4. The van der Waals surface area contributed by atoms with Crippen LogP contribution < -0.4 is 16.8 Å². The number of ether oxygens (including phenoxy) is 2. The van der Waals surface area contributed by atoms with Crippen LogP contribution in [0.3, 0.4) is 0 Å². The van der Waals surface area contributed by atoms with E-state index in [9.17, 15) is 4.79 Å². The number of hydrogen-bond acceptors (Lipinski definition) is 5. The number of rotatable bonds is 13. The first-order valence-corrected chi connectivity index (χ1v) is 16.8. The van der Waals surface area contributed by atoms with Gasteiger partial charge in [-0.1, -0.05) is 65.5 Å². The number of carbonyl (C=O) groups is 1. The van der Waals surface area contributed by atoms with E-state index in [2.05, 4.69) is 51.0 Å². The molecule has 7 nitrogen and oxygen atoms in total. The van der Waals surface area contributed by atoms with E-state index in [1.54, 1.807) is 5.57 Å². The zero-order valence-electron chi connectivity index (χ0n) is 26.8. The minimum atomic E-state index is -0.539. The first kappa shape index (κ1) is 32.2. The number of nitrogens with zero attached hydrogens (tertiary/aromatic N) is 1. The van der Waals surface area contributed by atoms with E-state index in [0.29, 0.717) is 25.1 Å². The number of guanidine groups is 1. The van der Waals surface area contributed by atoms with Gasteiger partial charge in [0.1, 0.15) is 12.7 Å². The summed E-state index contributed by atoms with van der Waals surface area (Å²) in [6.07, 6.45) is 16.7. The van der Waals surface area contributed by atoms with Crippen LogP contribution >= 0.6 is 0 Å². The Morgan fingerprint density at radius 3 is 2.61 bits per heavy atom. The van der Waals surface area contributed by atoms with Crippen molar-refractivity contribution < 1.29 is 14.3 Å². The van der Waals surface area contributed by atoms with Crippen molar-refractivity contribution in [3.05, 3.63) is 11.6 Å². The Bertz CT molecular complexity index is 931. The molecule has 3 saturated carbocycles. The molecule has 234 valence electrons. The van der Waals surface area contributed by atoms with Crippen LogP contribution in [0.2, 0.25) is 0 Å². The van der Waals surface area contributed by atoms with Crippen LogP contribution in [0.15, 0.2) is 16.6 Å². The maximum absolute atomic E-state index is 12.4. The molecule has 0 aromatic rings. The molecule has 0 aliphatic heterocycles. The lowest BCUT2D eigenvalue weighted by atomic mass is 9.47. The van der Waals surface area contributed by atoms with Gasteiger partial charge < -0.3 is 26.3 Å². The van der Waals surface area contributed by atoms with Gasteiger partial charge in [-0.2, -0.15) is 0 Å². The summed E-state index contributed by atoms with van der Waals surface area (Å²) in [5.74, 6) is 5.16. The summed E-state index contributed by atoms with van der Waals surface area (Å²) in [7, 11) is 0. The highest BCUT2D eigenvalue weighted by Gasteiger charge is 2.59. The van der Waals surface area contributed by atoms with Gasteiger partial charge in [-0.05, 0) is 104 Å². The van der Waals surface area contributed by atoms with Crippen LogP contribution in [-0.4, -0.2) is 44.5 Å². The Kier molecular flexibility index (Phi) is 11.1. The minimum absolute atomic E-state index is 0.0673. The highest BCUT2D eigenvalue weighted by atomic mass is 16.7. The third-order valence-electron chi connectivity index (χ3n) is 11.8. The van der Waals surface area contributed by atoms with Crippen LogP contribution in [0.5, 0.6) is 0 Å². The maximum atomic E-state index is 12.4. The lowest BCUT2D eigenvalue weighted by Crippen LogP contribution is -2.51. The molecule has 0 spiro atoms. The van der Waals surface area contributed by atoms with Crippen LogP contribution in [0.4, 0.5) is 4.79 Å². The number of nitrogens with two attached hydrogens (primary N) is 2. The molecule has 4 rings (SSSR count). The molecule has 8 unspecified atom stereocenters. The van der Waals surface area contributed by atoms with E-state index in [4.69, 9.17) is 20.9 Å². The van der Waals surface area contributed by atoms with Gasteiger partial charge in [-0.3, -0.25) is 4.99 Å².